The van der Waals surface area contributed by atoms with E-state index in [9.17, 15) is 19.2 Å². The molecule has 0 aliphatic carbocycles. The number of carbonyl (C=O) groups is 4. The highest BCUT2D eigenvalue weighted by Gasteiger charge is 2.51. The van der Waals surface area contributed by atoms with Crippen LogP contribution < -0.4 is 10.6 Å². The van der Waals surface area contributed by atoms with Crippen LogP contribution in [0, 0.1) is 0 Å². The van der Waals surface area contributed by atoms with Crippen molar-refractivity contribution in [2.75, 3.05) is 55.5 Å². The third-order valence-electron chi connectivity index (χ3n) is 9.01. The summed E-state index contributed by atoms with van der Waals surface area (Å²) >= 11 is 12.3. The molecule has 0 fully saturated rings. The minimum absolute atomic E-state index is 0.106. The first-order valence-electron chi connectivity index (χ1n) is 17.8. The first-order valence-corrected chi connectivity index (χ1v) is 18.6. The monoisotopic (exact) mass is 806 g/mol. The summed E-state index contributed by atoms with van der Waals surface area (Å²) in [5.74, 6) is -9.97. The van der Waals surface area contributed by atoms with Crippen molar-refractivity contribution < 1.29 is 38.1 Å². The van der Waals surface area contributed by atoms with Gasteiger partial charge in [0.15, 0.2) is 0 Å². The number of hydrogen-bond donors (Lipinski definition) is 2. The fraction of sp³-hybridized carbons (Fsp3) is 0.333. The van der Waals surface area contributed by atoms with E-state index in [0.29, 0.717) is 36.0 Å². The van der Waals surface area contributed by atoms with Gasteiger partial charge in [0.1, 0.15) is 0 Å². The largest absolute Gasteiger partial charge is 0.420 e. The number of nitrogens with one attached hydrogen (secondary N) is 2. The second kappa shape index (κ2) is 20.4. The van der Waals surface area contributed by atoms with E-state index < -0.39 is 47.4 Å². The lowest BCUT2D eigenvalue weighted by Gasteiger charge is -2.34. The lowest BCUT2D eigenvalue weighted by molar-refractivity contribution is -0.243. The second-order valence-electron chi connectivity index (χ2n) is 13.5. The Labute approximate surface area is 337 Å². The van der Waals surface area contributed by atoms with Crippen LogP contribution in [-0.2, 0) is 49.7 Å². The summed E-state index contributed by atoms with van der Waals surface area (Å²) in [5, 5.41) is 6.91. The molecule has 0 aliphatic rings. The molecule has 0 bridgehead atoms. The van der Waals surface area contributed by atoms with E-state index in [2.05, 4.69) is 10.6 Å². The highest BCUT2D eigenvalue weighted by Crippen LogP contribution is 2.33. The molecular weight excluding hydrogens is 759 g/mol. The van der Waals surface area contributed by atoms with Gasteiger partial charge < -0.3 is 39.4 Å². The molecule has 4 rings (SSSR count). The topological polar surface area (TPSA) is 136 Å². The van der Waals surface area contributed by atoms with Gasteiger partial charge in [-0.15, -0.1) is 0 Å². The second-order valence-corrected chi connectivity index (χ2v) is 14.4. The quantitative estimate of drug-likeness (QED) is 0.0701. The highest BCUT2D eigenvalue weighted by atomic mass is 35.5. The number of amides is 2. The van der Waals surface area contributed by atoms with Crippen LogP contribution in [0.2, 0.25) is 10.0 Å². The average molecular weight is 808 g/mol. The van der Waals surface area contributed by atoms with Gasteiger partial charge in [0, 0.05) is 35.4 Å². The fourth-order valence-corrected chi connectivity index (χ4v) is 6.20. The van der Waals surface area contributed by atoms with Gasteiger partial charge in [0.25, 0.3) is 11.8 Å². The highest BCUT2D eigenvalue weighted by molar-refractivity contribution is 6.31. The SMILES string of the molecule is CO[C@](OC(=O)C(=O)O[C@@](OC)(C(=O)NC(CCN(C)C)c1ccc(Cl)cc1)c1ccccc1)(C(=O)NC(CCN(C)C)c1ccc(Cl)cc1)c1ccccc1. The maximum atomic E-state index is 14.4. The first-order chi connectivity index (χ1) is 26.7. The molecule has 12 nitrogen and oxygen atoms in total. The zero-order valence-corrected chi connectivity index (χ0v) is 33.8. The van der Waals surface area contributed by atoms with Gasteiger partial charge in [-0.25, -0.2) is 9.59 Å². The molecule has 0 saturated heterocycles. The third kappa shape index (κ3) is 11.2. The van der Waals surface area contributed by atoms with Crippen molar-refractivity contribution in [2.45, 2.75) is 36.5 Å². The number of hydrogen-bond acceptors (Lipinski definition) is 10. The molecule has 4 aromatic rings. The van der Waals surface area contributed by atoms with Gasteiger partial charge in [-0.1, -0.05) is 108 Å². The van der Waals surface area contributed by atoms with E-state index >= 15 is 0 Å². The maximum absolute atomic E-state index is 14.4. The summed E-state index contributed by atoms with van der Waals surface area (Å²) in [4.78, 5) is 60.6. The van der Waals surface area contributed by atoms with Gasteiger partial charge in [0.05, 0.1) is 12.1 Å². The number of benzene rings is 4. The Balaban J connectivity index is 1.69. The summed E-state index contributed by atoms with van der Waals surface area (Å²) in [7, 11) is 9.93. The standard InChI is InChI=1S/C42H48Cl2N4O8/c1-47(2)27-25-35(29-17-21-33(43)22-18-29)45-39(51)41(53-5,31-13-9-7-10-14-31)55-37(49)38(50)56-42(54-6,32-15-11-8-12-16-32)40(52)46-36(26-28-48(3)4)30-19-23-34(44)24-20-30/h7-24,35-36H,25-28H2,1-6H3,(H,45,51)(H,46,52)/t35?,36?,41-,42-/m1/s1. The van der Waals surface area contributed by atoms with Crippen molar-refractivity contribution in [1.29, 1.82) is 0 Å². The van der Waals surface area contributed by atoms with Crippen molar-refractivity contribution in [3.05, 3.63) is 141 Å². The molecule has 14 heteroatoms. The number of ether oxygens (including phenoxy) is 4. The normalized spacial score (nSPS) is 14.5. The predicted molar refractivity (Wildman–Crippen MR) is 213 cm³/mol. The van der Waals surface area contributed by atoms with Crippen molar-refractivity contribution in [2.24, 2.45) is 0 Å². The van der Waals surface area contributed by atoms with Crippen molar-refractivity contribution >= 4 is 47.0 Å². The van der Waals surface area contributed by atoms with Crippen molar-refractivity contribution in [3.63, 3.8) is 0 Å². The van der Waals surface area contributed by atoms with E-state index in [-0.39, 0.29) is 11.1 Å². The zero-order valence-electron chi connectivity index (χ0n) is 32.3. The van der Waals surface area contributed by atoms with Crippen LogP contribution in [-0.4, -0.2) is 89.1 Å². The van der Waals surface area contributed by atoms with Crippen molar-refractivity contribution in [1.82, 2.24) is 20.4 Å². The van der Waals surface area contributed by atoms with Gasteiger partial charge in [-0.05, 0) is 89.5 Å². The predicted octanol–water partition coefficient (Wildman–Crippen LogP) is 6.00. The van der Waals surface area contributed by atoms with Gasteiger partial charge in [0.2, 0.25) is 0 Å². The summed E-state index contributed by atoms with van der Waals surface area (Å²) in [6, 6.07) is 28.7. The van der Waals surface area contributed by atoms with E-state index in [0.717, 1.165) is 11.1 Å². The molecule has 0 radical (unpaired) electrons. The Morgan fingerprint density at radius 3 is 1.16 bits per heavy atom. The zero-order chi connectivity index (χ0) is 40.9. The van der Waals surface area contributed by atoms with Crippen LogP contribution >= 0.6 is 23.2 Å². The van der Waals surface area contributed by atoms with E-state index in [1.54, 1.807) is 84.9 Å². The minimum Gasteiger partial charge on any atom is -0.410 e. The molecule has 2 unspecified atom stereocenters. The Kier molecular flexibility index (Phi) is 16.0. The van der Waals surface area contributed by atoms with E-state index in [1.165, 1.54) is 38.5 Å². The van der Waals surface area contributed by atoms with Crippen LogP contribution in [0.1, 0.15) is 47.2 Å². The Bertz CT molecular complexity index is 1760. The molecule has 0 heterocycles. The lowest BCUT2D eigenvalue weighted by Crippen LogP contribution is -2.53. The van der Waals surface area contributed by atoms with Crippen LogP contribution in [0.3, 0.4) is 0 Å². The van der Waals surface area contributed by atoms with Gasteiger partial charge in [-0.2, -0.15) is 0 Å². The molecule has 298 valence electrons. The van der Waals surface area contributed by atoms with E-state index in [4.69, 9.17) is 42.1 Å². The van der Waals surface area contributed by atoms with Crippen LogP contribution in [0.25, 0.3) is 0 Å². The molecule has 0 saturated carbocycles. The molecule has 4 aromatic carbocycles. The summed E-state index contributed by atoms with van der Waals surface area (Å²) in [6.07, 6.45) is 0.915. The molecule has 2 amide bonds. The van der Waals surface area contributed by atoms with Crippen LogP contribution in [0.4, 0.5) is 0 Å². The summed E-state index contributed by atoms with van der Waals surface area (Å²) < 4.78 is 22.9. The number of nitrogens with zero attached hydrogens (tertiary/aromatic N) is 2. The van der Waals surface area contributed by atoms with E-state index in [1.807, 2.05) is 38.0 Å². The van der Waals surface area contributed by atoms with Crippen molar-refractivity contribution in [3.8, 4) is 0 Å². The lowest BCUT2D eigenvalue weighted by atomic mass is 10.00. The third-order valence-corrected chi connectivity index (χ3v) is 9.51. The molecule has 4 atom stereocenters. The van der Waals surface area contributed by atoms with Gasteiger partial charge >= 0.3 is 23.5 Å². The first kappa shape index (κ1) is 43.9. The molecule has 56 heavy (non-hydrogen) atoms. The Morgan fingerprint density at radius 2 is 0.875 bits per heavy atom. The molecule has 0 aromatic heterocycles. The smallest absolute Gasteiger partial charge is 0.410 e. The molecule has 2 N–H and O–H groups in total. The Hall–Kier alpha value is -4.82. The van der Waals surface area contributed by atoms with Crippen LogP contribution in [0.15, 0.2) is 109 Å². The number of esters is 2. The Morgan fingerprint density at radius 1 is 0.554 bits per heavy atom. The number of carbonyl (C=O) groups excluding carboxylic acids is 4. The summed E-state index contributed by atoms with van der Waals surface area (Å²) in [5.41, 5.74) is 1.67. The minimum atomic E-state index is -2.48. The molecule has 0 aliphatic heterocycles. The van der Waals surface area contributed by atoms with Gasteiger partial charge in [-0.3, -0.25) is 9.59 Å². The fourth-order valence-electron chi connectivity index (χ4n) is 5.95. The van der Waals surface area contributed by atoms with Crippen LogP contribution in [0.5, 0.6) is 0 Å². The molecular formula is C42H48Cl2N4O8. The number of rotatable bonds is 18. The molecule has 0 spiro atoms. The maximum Gasteiger partial charge on any atom is 0.420 e. The number of methoxy groups -OCH3 is 2. The average Bonchev–Trinajstić information content (AvgIpc) is 3.20. The summed E-state index contributed by atoms with van der Waals surface area (Å²) in [6.45, 7) is 1.17. The number of halogens is 2.